The fraction of sp³-hybridized carbons (Fsp3) is 0.250. The number of aryl methyl sites for hydroxylation is 1. The van der Waals surface area contributed by atoms with Crippen LogP contribution in [-0.2, 0) is 16.1 Å². The van der Waals surface area contributed by atoms with Gasteiger partial charge < -0.3 is 20.6 Å². The summed E-state index contributed by atoms with van der Waals surface area (Å²) in [4.78, 5) is 17.4. The molecule has 0 radical (unpaired) electrons. The third kappa shape index (κ3) is 4.27. The average molecular weight is 410 g/mol. The second-order valence-corrected chi connectivity index (χ2v) is 6.98. The van der Waals surface area contributed by atoms with Crippen LogP contribution in [0.15, 0.2) is 39.3 Å². The summed E-state index contributed by atoms with van der Waals surface area (Å²) in [5.41, 5.74) is 7.77. The first-order valence-corrected chi connectivity index (χ1v) is 9.04. The van der Waals surface area contributed by atoms with Crippen molar-refractivity contribution in [3.8, 4) is 5.75 Å². The SMILES string of the molecule is N/C(=N/OCCOc1ccc2c(c1)CCC(=O)N2)c1cc(Br)cs1. The van der Waals surface area contributed by atoms with Gasteiger partial charge in [0.25, 0.3) is 0 Å². The number of anilines is 1. The van der Waals surface area contributed by atoms with Crippen LogP contribution < -0.4 is 15.8 Å². The van der Waals surface area contributed by atoms with E-state index >= 15 is 0 Å². The second kappa shape index (κ2) is 7.67. The standard InChI is InChI=1S/C16H16BrN3O3S/c17-11-8-14(24-9-11)16(18)20-23-6-5-22-12-2-3-13-10(7-12)1-4-15(21)19-13/h2-3,7-9H,1,4-6H2,(H2,18,20)(H,19,21). The van der Waals surface area contributed by atoms with Crippen molar-refractivity contribution < 1.29 is 14.4 Å². The third-order valence-corrected chi connectivity index (χ3v) is 5.11. The summed E-state index contributed by atoms with van der Waals surface area (Å²) in [6, 6.07) is 7.50. The quantitative estimate of drug-likeness (QED) is 0.332. The molecule has 0 fully saturated rings. The lowest BCUT2D eigenvalue weighted by Gasteiger charge is -2.17. The Morgan fingerprint density at radius 2 is 2.21 bits per heavy atom. The summed E-state index contributed by atoms with van der Waals surface area (Å²) in [6.07, 6.45) is 1.23. The Morgan fingerprint density at radius 3 is 3.00 bits per heavy atom. The number of thiophene rings is 1. The van der Waals surface area contributed by atoms with E-state index in [-0.39, 0.29) is 5.91 Å². The number of nitrogens with one attached hydrogen (secondary N) is 1. The molecule has 6 nitrogen and oxygen atoms in total. The van der Waals surface area contributed by atoms with Crippen LogP contribution in [0.4, 0.5) is 5.69 Å². The van der Waals surface area contributed by atoms with Crippen molar-refractivity contribution in [2.75, 3.05) is 18.5 Å². The molecule has 3 N–H and O–H groups in total. The molecule has 0 atom stereocenters. The molecule has 1 aromatic carbocycles. The molecular formula is C16H16BrN3O3S. The molecule has 8 heteroatoms. The van der Waals surface area contributed by atoms with E-state index in [0.29, 0.717) is 25.5 Å². The molecule has 0 bridgehead atoms. The second-order valence-electron chi connectivity index (χ2n) is 5.15. The first-order chi connectivity index (χ1) is 11.6. The van der Waals surface area contributed by atoms with E-state index < -0.39 is 0 Å². The first-order valence-electron chi connectivity index (χ1n) is 7.37. The number of fused-ring (bicyclic) bond motifs is 1. The number of hydrogen-bond donors (Lipinski definition) is 2. The van der Waals surface area contributed by atoms with E-state index in [4.69, 9.17) is 15.3 Å². The van der Waals surface area contributed by atoms with E-state index in [9.17, 15) is 4.79 Å². The molecule has 1 aliphatic rings. The molecule has 0 saturated heterocycles. The van der Waals surface area contributed by atoms with Crippen molar-refractivity contribution in [1.29, 1.82) is 0 Å². The number of amidine groups is 1. The van der Waals surface area contributed by atoms with Gasteiger partial charge in [0, 0.05) is 22.0 Å². The Bertz CT molecular complexity index is 776. The van der Waals surface area contributed by atoms with Gasteiger partial charge in [0.15, 0.2) is 12.4 Å². The van der Waals surface area contributed by atoms with Gasteiger partial charge in [0.2, 0.25) is 5.91 Å². The topological polar surface area (TPSA) is 85.9 Å². The number of carbonyl (C=O) groups is 1. The molecule has 0 aliphatic carbocycles. The van der Waals surface area contributed by atoms with Crippen molar-refractivity contribution in [3.05, 3.63) is 44.6 Å². The fourth-order valence-electron chi connectivity index (χ4n) is 2.25. The average Bonchev–Trinajstić information content (AvgIpc) is 3.01. The number of carbonyl (C=O) groups excluding carboxylic acids is 1. The zero-order valence-corrected chi connectivity index (χ0v) is 15.2. The molecule has 2 heterocycles. The molecule has 1 amide bonds. The lowest BCUT2D eigenvalue weighted by atomic mass is 10.0. The molecule has 0 spiro atoms. The minimum absolute atomic E-state index is 0.0535. The lowest BCUT2D eigenvalue weighted by Crippen LogP contribution is -2.19. The normalized spacial score (nSPS) is 14.0. The van der Waals surface area contributed by atoms with Crippen LogP contribution in [-0.4, -0.2) is 25.0 Å². The number of benzene rings is 1. The number of oxime groups is 1. The number of rotatable bonds is 6. The van der Waals surface area contributed by atoms with Crippen LogP contribution in [0.5, 0.6) is 5.75 Å². The number of nitrogens with two attached hydrogens (primary N) is 1. The van der Waals surface area contributed by atoms with Gasteiger partial charge in [-0.1, -0.05) is 5.16 Å². The maximum absolute atomic E-state index is 11.3. The van der Waals surface area contributed by atoms with Crippen molar-refractivity contribution >= 4 is 44.7 Å². The van der Waals surface area contributed by atoms with Crippen LogP contribution in [0.1, 0.15) is 16.9 Å². The van der Waals surface area contributed by atoms with Crippen molar-refractivity contribution in [1.82, 2.24) is 0 Å². The van der Waals surface area contributed by atoms with Gasteiger partial charge in [-0.2, -0.15) is 0 Å². The number of halogens is 1. The summed E-state index contributed by atoms with van der Waals surface area (Å²) in [7, 11) is 0. The molecular weight excluding hydrogens is 394 g/mol. The van der Waals surface area contributed by atoms with Gasteiger partial charge >= 0.3 is 0 Å². The fourth-order valence-corrected chi connectivity index (χ4v) is 3.58. The minimum atomic E-state index is 0.0535. The highest BCUT2D eigenvalue weighted by molar-refractivity contribution is 9.10. The maximum Gasteiger partial charge on any atom is 0.224 e. The molecule has 126 valence electrons. The summed E-state index contributed by atoms with van der Waals surface area (Å²) < 4.78 is 6.60. The Kier molecular flexibility index (Phi) is 5.37. The van der Waals surface area contributed by atoms with E-state index in [1.807, 2.05) is 29.6 Å². The summed E-state index contributed by atoms with van der Waals surface area (Å²) in [6.45, 7) is 0.650. The van der Waals surface area contributed by atoms with Gasteiger partial charge in [-0.15, -0.1) is 11.3 Å². The van der Waals surface area contributed by atoms with E-state index in [1.54, 1.807) is 0 Å². The maximum atomic E-state index is 11.3. The van der Waals surface area contributed by atoms with Gasteiger partial charge in [-0.3, -0.25) is 4.79 Å². The molecule has 0 unspecified atom stereocenters. The molecule has 1 aromatic heterocycles. The van der Waals surface area contributed by atoms with Crippen LogP contribution in [0, 0.1) is 0 Å². The third-order valence-electron chi connectivity index (χ3n) is 3.40. The molecule has 24 heavy (non-hydrogen) atoms. The molecule has 3 rings (SSSR count). The van der Waals surface area contributed by atoms with E-state index in [1.165, 1.54) is 11.3 Å². The summed E-state index contributed by atoms with van der Waals surface area (Å²) in [5, 5.41) is 8.64. The Morgan fingerprint density at radius 1 is 1.33 bits per heavy atom. The number of hydrogen-bond acceptors (Lipinski definition) is 5. The monoisotopic (exact) mass is 409 g/mol. The summed E-state index contributed by atoms with van der Waals surface area (Å²) >= 11 is 4.85. The zero-order valence-electron chi connectivity index (χ0n) is 12.8. The predicted molar refractivity (Wildman–Crippen MR) is 97.6 cm³/mol. The highest BCUT2D eigenvalue weighted by Crippen LogP contribution is 2.26. The highest BCUT2D eigenvalue weighted by Gasteiger charge is 2.14. The van der Waals surface area contributed by atoms with Gasteiger partial charge in [-0.05, 0) is 52.2 Å². The smallest absolute Gasteiger partial charge is 0.224 e. The Hall–Kier alpha value is -2.06. The lowest BCUT2D eigenvalue weighted by molar-refractivity contribution is -0.116. The summed E-state index contributed by atoms with van der Waals surface area (Å²) in [5.74, 6) is 1.14. The van der Waals surface area contributed by atoms with Crippen LogP contribution in [0.2, 0.25) is 0 Å². The molecule has 2 aromatic rings. The largest absolute Gasteiger partial charge is 0.490 e. The van der Waals surface area contributed by atoms with Crippen molar-refractivity contribution in [2.24, 2.45) is 10.9 Å². The Labute approximate surface area is 151 Å². The minimum Gasteiger partial charge on any atom is -0.490 e. The van der Waals surface area contributed by atoms with Crippen LogP contribution >= 0.6 is 27.3 Å². The van der Waals surface area contributed by atoms with Crippen molar-refractivity contribution in [3.63, 3.8) is 0 Å². The van der Waals surface area contributed by atoms with Gasteiger partial charge in [-0.25, -0.2) is 0 Å². The highest BCUT2D eigenvalue weighted by atomic mass is 79.9. The number of nitrogens with zero attached hydrogens (tertiary/aromatic N) is 1. The molecule has 0 saturated carbocycles. The zero-order chi connectivity index (χ0) is 16.9. The number of amides is 1. The number of ether oxygens (including phenoxy) is 1. The first kappa shape index (κ1) is 16.8. The van der Waals surface area contributed by atoms with Gasteiger partial charge in [0.05, 0.1) is 4.88 Å². The predicted octanol–water partition coefficient (Wildman–Crippen LogP) is 3.11. The van der Waals surface area contributed by atoms with Gasteiger partial charge in [0.1, 0.15) is 12.4 Å². The van der Waals surface area contributed by atoms with E-state index in [0.717, 1.165) is 32.8 Å². The van der Waals surface area contributed by atoms with Crippen LogP contribution in [0.3, 0.4) is 0 Å². The van der Waals surface area contributed by atoms with E-state index in [2.05, 4.69) is 26.4 Å². The van der Waals surface area contributed by atoms with Crippen LogP contribution in [0.25, 0.3) is 0 Å². The Balaban J connectivity index is 1.46. The van der Waals surface area contributed by atoms with Crippen molar-refractivity contribution in [2.45, 2.75) is 12.8 Å². The molecule has 1 aliphatic heterocycles.